The minimum absolute atomic E-state index is 0.0340. The third kappa shape index (κ3) is 3.09. The summed E-state index contributed by atoms with van der Waals surface area (Å²) in [5.74, 6) is -0.362. The highest BCUT2D eigenvalue weighted by molar-refractivity contribution is 6.21. The Bertz CT molecular complexity index is 1220. The Morgan fingerprint density at radius 1 is 1.11 bits per heavy atom. The van der Waals surface area contributed by atoms with Gasteiger partial charge < -0.3 is 5.11 Å². The molecule has 0 bridgehead atoms. The van der Waals surface area contributed by atoms with Crippen LogP contribution < -0.4 is 11.2 Å². The lowest BCUT2D eigenvalue weighted by molar-refractivity contribution is 0.408. The van der Waals surface area contributed by atoms with Crippen LogP contribution in [0.25, 0.3) is 11.6 Å². The Labute approximate surface area is 161 Å². The molecule has 0 spiro atoms. The van der Waals surface area contributed by atoms with Crippen LogP contribution in [0, 0.1) is 0 Å². The third-order valence-electron chi connectivity index (χ3n) is 4.83. The second-order valence-corrected chi connectivity index (χ2v) is 6.59. The molecule has 0 aliphatic carbocycles. The maximum atomic E-state index is 12.4. The average molecular weight is 373 g/mol. The first-order chi connectivity index (χ1) is 13.6. The average Bonchev–Trinajstić information content (AvgIpc) is 3.12. The van der Waals surface area contributed by atoms with Crippen molar-refractivity contribution in [2.45, 2.75) is 19.9 Å². The van der Waals surface area contributed by atoms with E-state index in [2.05, 4.69) is 16.9 Å². The normalized spacial score (nSPS) is 13.8. The molecule has 2 N–H and O–H groups in total. The highest BCUT2D eigenvalue weighted by Crippen LogP contribution is 2.36. The van der Waals surface area contributed by atoms with Gasteiger partial charge in [-0.1, -0.05) is 55.5 Å². The summed E-state index contributed by atoms with van der Waals surface area (Å²) >= 11 is 0. The Morgan fingerprint density at radius 3 is 2.64 bits per heavy atom. The predicted molar refractivity (Wildman–Crippen MR) is 110 cm³/mol. The molecule has 1 aliphatic heterocycles. The molecule has 0 saturated heterocycles. The molecule has 140 valence electrons. The molecule has 28 heavy (non-hydrogen) atoms. The summed E-state index contributed by atoms with van der Waals surface area (Å²) in [4.78, 5) is 31.4. The monoisotopic (exact) mass is 373 g/mol. The number of aromatic nitrogens is 2. The predicted octanol–water partition coefficient (Wildman–Crippen LogP) is 3.11. The zero-order chi connectivity index (χ0) is 19.7. The van der Waals surface area contributed by atoms with Gasteiger partial charge in [0.25, 0.3) is 5.56 Å². The van der Waals surface area contributed by atoms with Crippen molar-refractivity contribution >= 4 is 23.6 Å². The SMILES string of the molecule is CCc1cccc2c1N=CC2=Cc1c(O)n(Cc2ccccc2)c(=O)[nH]c1=O. The van der Waals surface area contributed by atoms with Crippen LogP contribution in [0.15, 0.2) is 63.1 Å². The van der Waals surface area contributed by atoms with Crippen molar-refractivity contribution < 1.29 is 5.11 Å². The van der Waals surface area contributed by atoms with Crippen LogP contribution in [-0.4, -0.2) is 20.9 Å². The first-order valence-electron chi connectivity index (χ1n) is 9.06. The van der Waals surface area contributed by atoms with E-state index in [0.29, 0.717) is 0 Å². The number of rotatable bonds is 4. The van der Waals surface area contributed by atoms with Gasteiger partial charge in [-0.05, 0) is 23.6 Å². The van der Waals surface area contributed by atoms with E-state index >= 15 is 0 Å². The number of aromatic amines is 1. The number of benzene rings is 2. The van der Waals surface area contributed by atoms with Crippen molar-refractivity contribution in [2.75, 3.05) is 0 Å². The van der Waals surface area contributed by atoms with Crippen molar-refractivity contribution in [1.82, 2.24) is 9.55 Å². The van der Waals surface area contributed by atoms with Crippen LogP contribution in [0.1, 0.15) is 29.2 Å². The Kier molecular flexibility index (Phi) is 4.53. The molecule has 0 atom stereocenters. The highest BCUT2D eigenvalue weighted by atomic mass is 16.3. The Balaban J connectivity index is 1.82. The smallest absolute Gasteiger partial charge is 0.331 e. The lowest BCUT2D eigenvalue weighted by atomic mass is 10.0. The van der Waals surface area contributed by atoms with Crippen LogP contribution in [0.5, 0.6) is 5.88 Å². The number of nitrogens with zero attached hydrogens (tertiary/aromatic N) is 2. The number of nitrogens with one attached hydrogen (secondary N) is 1. The first kappa shape index (κ1) is 17.7. The topological polar surface area (TPSA) is 87.4 Å². The van der Waals surface area contributed by atoms with Crippen LogP contribution in [0.4, 0.5) is 5.69 Å². The van der Waals surface area contributed by atoms with Gasteiger partial charge in [-0.2, -0.15) is 0 Å². The van der Waals surface area contributed by atoms with E-state index in [1.54, 1.807) is 12.3 Å². The quantitative estimate of drug-likeness (QED) is 0.737. The molecule has 2 heterocycles. The van der Waals surface area contributed by atoms with Gasteiger partial charge in [0.05, 0.1) is 12.2 Å². The maximum absolute atomic E-state index is 12.4. The number of hydrogen-bond acceptors (Lipinski definition) is 4. The molecule has 2 aromatic carbocycles. The third-order valence-corrected chi connectivity index (χ3v) is 4.83. The van der Waals surface area contributed by atoms with Gasteiger partial charge in [-0.25, -0.2) is 4.79 Å². The van der Waals surface area contributed by atoms with Gasteiger partial charge in [0.2, 0.25) is 5.88 Å². The van der Waals surface area contributed by atoms with E-state index < -0.39 is 11.2 Å². The van der Waals surface area contributed by atoms with Crippen LogP contribution in [0.2, 0.25) is 0 Å². The molecule has 6 heteroatoms. The summed E-state index contributed by atoms with van der Waals surface area (Å²) in [6, 6.07) is 15.2. The van der Waals surface area contributed by atoms with E-state index in [9.17, 15) is 14.7 Å². The fourth-order valence-corrected chi connectivity index (χ4v) is 3.35. The summed E-state index contributed by atoms with van der Waals surface area (Å²) < 4.78 is 1.15. The molecule has 1 aliphatic rings. The fraction of sp³-hybridized carbons (Fsp3) is 0.136. The molecule has 4 rings (SSSR count). The Hall–Kier alpha value is -3.67. The molecular formula is C22H19N3O3. The molecule has 0 saturated carbocycles. The molecule has 0 unspecified atom stereocenters. The number of para-hydroxylation sites is 1. The van der Waals surface area contributed by atoms with Crippen molar-refractivity contribution in [1.29, 1.82) is 0 Å². The number of fused-ring (bicyclic) bond motifs is 1. The number of allylic oxidation sites excluding steroid dienone is 1. The van der Waals surface area contributed by atoms with E-state index in [0.717, 1.165) is 38.9 Å². The number of aryl methyl sites for hydroxylation is 1. The second-order valence-electron chi connectivity index (χ2n) is 6.59. The molecule has 0 radical (unpaired) electrons. The minimum atomic E-state index is -0.651. The molecule has 0 amide bonds. The van der Waals surface area contributed by atoms with Gasteiger partial charge in [0.15, 0.2) is 0 Å². The van der Waals surface area contributed by atoms with Gasteiger partial charge in [-0.15, -0.1) is 0 Å². The standard InChI is InChI=1S/C22H19N3O3/c1-2-15-9-6-10-17-16(12-23-19(15)17)11-18-20(26)24-22(28)25(21(18)27)13-14-7-4-3-5-8-14/h3-12,27H,2,13H2,1H3,(H,24,26,28). The number of aromatic hydroxyl groups is 1. The van der Waals surface area contributed by atoms with Gasteiger partial charge >= 0.3 is 5.69 Å². The summed E-state index contributed by atoms with van der Waals surface area (Å²) in [5, 5.41) is 10.7. The zero-order valence-corrected chi connectivity index (χ0v) is 15.3. The van der Waals surface area contributed by atoms with Crippen LogP contribution >= 0.6 is 0 Å². The summed E-state index contributed by atoms with van der Waals surface area (Å²) in [6.45, 7) is 2.21. The number of aliphatic imine (C=N–C) groups is 1. The van der Waals surface area contributed by atoms with E-state index in [4.69, 9.17) is 0 Å². The lowest BCUT2D eigenvalue weighted by Gasteiger charge is -2.10. The first-order valence-corrected chi connectivity index (χ1v) is 9.06. The van der Waals surface area contributed by atoms with Crippen molar-refractivity contribution in [3.8, 4) is 5.88 Å². The highest BCUT2D eigenvalue weighted by Gasteiger charge is 2.18. The molecule has 0 fully saturated rings. The van der Waals surface area contributed by atoms with E-state index in [-0.39, 0.29) is 18.0 Å². The summed E-state index contributed by atoms with van der Waals surface area (Å²) in [5.41, 5.74) is 3.21. The van der Waals surface area contributed by atoms with Crippen molar-refractivity contribution in [3.63, 3.8) is 0 Å². The Morgan fingerprint density at radius 2 is 1.89 bits per heavy atom. The second kappa shape index (κ2) is 7.15. The minimum Gasteiger partial charge on any atom is -0.494 e. The lowest BCUT2D eigenvalue weighted by Crippen LogP contribution is -2.31. The molecule has 6 nitrogen and oxygen atoms in total. The van der Waals surface area contributed by atoms with Crippen LogP contribution in [0.3, 0.4) is 0 Å². The van der Waals surface area contributed by atoms with Crippen LogP contribution in [-0.2, 0) is 13.0 Å². The number of hydrogen-bond donors (Lipinski definition) is 2. The van der Waals surface area contributed by atoms with Crippen molar-refractivity contribution in [2.24, 2.45) is 4.99 Å². The summed E-state index contributed by atoms with van der Waals surface area (Å²) in [7, 11) is 0. The largest absolute Gasteiger partial charge is 0.494 e. The maximum Gasteiger partial charge on any atom is 0.331 e. The number of H-pyrrole nitrogens is 1. The fourth-order valence-electron chi connectivity index (χ4n) is 3.35. The summed E-state index contributed by atoms with van der Waals surface area (Å²) in [6.07, 6.45) is 4.10. The molecule has 1 aromatic heterocycles. The van der Waals surface area contributed by atoms with Gasteiger partial charge in [-0.3, -0.25) is 19.3 Å². The molecular weight excluding hydrogens is 354 g/mol. The van der Waals surface area contributed by atoms with E-state index in [1.165, 1.54) is 0 Å². The van der Waals surface area contributed by atoms with E-state index in [1.807, 2.05) is 48.5 Å². The van der Waals surface area contributed by atoms with Gasteiger partial charge in [0, 0.05) is 17.4 Å². The van der Waals surface area contributed by atoms with Gasteiger partial charge in [0.1, 0.15) is 5.56 Å². The molecule has 3 aromatic rings. The zero-order valence-electron chi connectivity index (χ0n) is 15.3. The van der Waals surface area contributed by atoms with Crippen molar-refractivity contribution in [3.05, 3.63) is 91.6 Å².